The summed E-state index contributed by atoms with van der Waals surface area (Å²) < 4.78 is 5.76. The maximum Gasteiger partial charge on any atom is 0.0843 e. The second kappa shape index (κ2) is 6.05. The first kappa shape index (κ1) is 14.8. The summed E-state index contributed by atoms with van der Waals surface area (Å²) in [4.78, 5) is 0. The van der Waals surface area contributed by atoms with E-state index < -0.39 is 5.60 Å². The van der Waals surface area contributed by atoms with Gasteiger partial charge in [-0.1, -0.05) is 42.3 Å². The molecule has 96 valence electrons. The molecule has 1 aromatic rings. The monoisotopic (exact) mass is 275 g/mol. The van der Waals surface area contributed by atoms with Crippen LogP contribution < -0.4 is 5.73 Å². The van der Waals surface area contributed by atoms with Crippen molar-refractivity contribution in [3.63, 3.8) is 0 Å². The predicted octanol–water partition coefficient (Wildman–Crippen LogP) is 4.20. The number of benzene rings is 1. The second-order valence-corrected chi connectivity index (χ2v) is 5.01. The predicted molar refractivity (Wildman–Crippen MR) is 73.7 cm³/mol. The van der Waals surface area contributed by atoms with Crippen LogP contribution in [0, 0.1) is 0 Å². The minimum Gasteiger partial charge on any atom is -0.374 e. The van der Waals surface area contributed by atoms with Crippen molar-refractivity contribution in [3.05, 3.63) is 33.8 Å². The molecular formula is C13H19Cl2NO. The van der Waals surface area contributed by atoms with Crippen LogP contribution in [0.25, 0.3) is 0 Å². The first-order valence-electron chi connectivity index (χ1n) is 5.79. The van der Waals surface area contributed by atoms with Crippen molar-refractivity contribution in [2.45, 2.75) is 38.8 Å². The van der Waals surface area contributed by atoms with Crippen LogP contribution in [0.2, 0.25) is 10.0 Å². The average Bonchev–Trinajstić information content (AvgIpc) is 2.32. The highest BCUT2D eigenvalue weighted by Crippen LogP contribution is 2.36. The highest BCUT2D eigenvalue weighted by atomic mass is 35.5. The second-order valence-electron chi connectivity index (χ2n) is 4.22. The van der Waals surface area contributed by atoms with E-state index in [9.17, 15) is 0 Å². The van der Waals surface area contributed by atoms with Gasteiger partial charge in [0.15, 0.2) is 0 Å². The van der Waals surface area contributed by atoms with E-state index in [4.69, 9.17) is 33.7 Å². The smallest absolute Gasteiger partial charge is 0.0843 e. The van der Waals surface area contributed by atoms with Crippen LogP contribution >= 0.6 is 23.2 Å². The molecule has 0 amide bonds. The molecule has 2 unspecified atom stereocenters. The third kappa shape index (κ3) is 3.14. The van der Waals surface area contributed by atoms with Crippen molar-refractivity contribution in [3.8, 4) is 0 Å². The summed E-state index contributed by atoms with van der Waals surface area (Å²) in [6.07, 6.45) is 0.810. The molecule has 0 aliphatic heterocycles. The molecule has 4 heteroatoms. The highest BCUT2D eigenvalue weighted by Gasteiger charge is 2.33. The molecule has 0 radical (unpaired) electrons. The molecule has 0 bridgehead atoms. The topological polar surface area (TPSA) is 35.2 Å². The average molecular weight is 276 g/mol. The Kier molecular flexibility index (Phi) is 5.26. The number of nitrogens with two attached hydrogens (primary N) is 1. The SMILES string of the molecule is CCOC(C)(CC)C(N)c1cccc(Cl)c1Cl. The molecular weight excluding hydrogens is 257 g/mol. The standard InChI is InChI=1S/C13H19Cl2NO/c1-4-13(3,17-5-2)12(16)9-7-6-8-10(14)11(9)15/h6-8,12H,4-5,16H2,1-3H3. The fourth-order valence-corrected chi connectivity index (χ4v) is 2.26. The fourth-order valence-electron chi connectivity index (χ4n) is 1.83. The number of halogens is 2. The minimum absolute atomic E-state index is 0.293. The molecule has 0 saturated carbocycles. The van der Waals surface area contributed by atoms with E-state index in [0.717, 1.165) is 12.0 Å². The summed E-state index contributed by atoms with van der Waals surface area (Å²) in [6, 6.07) is 5.21. The van der Waals surface area contributed by atoms with Gasteiger partial charge in [0.05, 0.1) is 21.7 Å². The number of ether oxygens (including phenoxy) is 1. The molecule has 2 nitrogen and oxygen atoms in total. The Bertz CT molecular complexity index is 384. The molecule has 0 heterocycles. The lowest BCUT2D eigenvalue weighted by Crippen LogP contribution is -2.40. The van der Waals surface area contributed by atoms with Gasteiger partial charge in [0.1, 0.15) is 0 Å². The Morgan fingerprint density at radius 3 is 2.53 bits per heavy atom. The van der Waals surface area contributed by atoms with Gasteiger partial charge in [-0.25, -0.2) is 0 Å². The Labute approximate surface area is 113 Å². The van der Waals surface area contributed by atoms with Gasteiger partial charge in [0, 0.05) is 6.61 Å². The maximum atomic E-state index is 6.27. The first-order valence-corrected chi connectivity index (χ1v) is 6.55. The van der Waals surface area contributed by atoms with Crippen molar-refractivity contribution in [1.82, 2.24) is 0 Å². The van der Waals surface area contributed by atoms with Crippen molar-refractivity contribution in [1.29, 1.82) is 0 Å². The van der Waals surface area contributed by atoms with Gasteiger partial charge in [-0.3, -0.25) is 0 Å². The molecule has 2 N–H and O–H groups in total. The highest BCUT2D eigenvalue weighted by molar-refractivity contribution is 6.42. The zero-order valence-electron chi connectivity index (χ0n) is 10.5. The summed E-state index contributed by atoms with van der Waals surface area (Å²) >= 11 is 12.2. The minimum atomic E-state index is -0.428. The summed E-state index contributed by atoms with van der Waals surface area (Å²) in [6.45, 7) is 6.63. The normalized spacial score (nSPS) is 16.6. The van der Waals surface area contributed by atoms with Crippen molar-refractivity contribution >= 4 is 23.2 Å². The van der Waals surface area contributed by atoms with Gasteiger partial charge in [-0.15, -0.1) is 0 Å². The Hall–Kier alpha value is -0.280. The molecule has 1 rings (SSSR count). The lowest BCUT2D eigenvalue weighted by Gasteiger charge is -2.35. The largest absolute Gasteiger partial charge is 0.374 e. The Balaban J connectivity index is 3.10. The molecule has 0 fully saturated rings. The van der Waals surface area contributed by atoms with E-state index in [1.165, 1.54) is 0 Å². The van der Waals surface area contributed by atoms with Crippen LogP contribution in [0.15, 0.2) is 18.2 Å². The van der Waals surface area contributed by atoms with Crippen LogP contribution in [-0.2, 0) is 4.74 Å². The van der Waals surface area contributed by atoms with Gasteiger partial charge in [-0.2, -0.15) is 0 Å². The van der Waals surface area contributed by atoms with Crippen LogP contribution in [0.4, 0.5) is 0 Å². The lowest BCUT2D eigenvalue weighted by molar-refractivity contribution is -0.0472. The number of hydrogen-bond donors (Lipinski definition) is 1. The first-order chi connectivity index (χ1) is 7.96. The van der Waals surface area contributed by atoms with Gasteiger partial charge < -0.3 is 10.5 Å². The van der Waals surface area contributed by atoms with Gasteiger partial charge >= 0.3 is 0 Å². The summed E-state index contributed by atoms with van der Waals surface area (Å²) in [5.41, 5.74) is 6.67. The summed E-state index contributed by atoms with van der Waals surface area (Å²) in [5.74, 6) is 0. The van der Waals surface area contributed by atoms with Crippen LogP contribution in [-0.4, -0.2) is 12.2 Å². The zero-order valence-corrected chi connectivity index (χ0v) is 12.0. The van der Waals surface area contributed by atoms with Gasteiger partial charge in [-0.05, 0) is 31.9 Å². The maximum absolute atomic E-state index is 6.27. The molecule has 0 aromatic heterocycles. The molecule has 0 aliphatic carbocycles. The molecule has 17 heavy (non-hydrogen) atoms. The zero-order chi connectivity index (χ0) is 13.1. The lowest BCUT2D eigenvalue weighted by atomic mass is 9.88. The summed E-state index contributed by atoms with van der Waals surface area (Å²) in [7, 11) is 0. The number of rotatable bonds is 5. The van der Waals surface area contributed by atoms with Gasteiger partial charge in [0.2, 0.25) is 0 Å². The Morgan fingerprint density at radius 2 is 2.00 bits per heavy atom. The van der Waals surface area contributed by atoms with Crippen molar-refractivity contribution < 1.29 is 4.74 Å². The summed E-state index contributed by atoms with van der Waals surface area (Å²) in [5, 5.41) is 1.04. The number of hydrogen-bond acceptors (Lipinski definition) is 2. The van der Waals surface area contributed by atoms with Crippen LogP contribution in [0.1, 0.15) is 38.8 Å². The van der Waals surface area contributed by atoms with Crippen LogP contribution in [0.3, 0.4) is 0 Å². The van der Waals surface area contributed by atoms with Crippen LogP contribution in [0.5, 0.6) is 0 Å². The molecule has 2 atom stereocenters. The van der Waals surface area contributed by atoms with Gasteiger partial charge in [0.25, 0.3) is 0 Å². The third-order valence-corrected chi connectivity index (χ3v) is 3.98. The van der Waals surface area contributed by atoms with E-state index >= 15 is 0 Å². The van der Waals surface area contributed by atoms with Crippen molar-refractivity contribution in [2.75, 3.05) is 6.61 Å². The van der Waals surface area contributed by atoms with E-state index in [0.29, 0.717) is 16.7 Å². The van der Waals surface area contributed by atoms with Crippen molar-refractivity contribution in [2.24, 2.45) is 5.73 Å². The Morgan fingerprint density at radius 1 is 1.35 bits per heavy atom. The molecule has 0 saturated heterocycles. The van der Waals surface area contributed by atoms with E-state index in [-0.39, 0.29) is 6.04 Å². The molecule has 1 aromatic carbocycles. The molecule has 0 aliphatic rings. The third-order valence-electron chi connectivity index (χ3n) is 3.15. The fraction of sp³-hybridized carbons (Fsp3) is 0.538. The van der Waals surface area contributed by atoms with E-state index in [2.05, 4.69) is 0 Å². The molecule has 0 spiro atoms. The quantitative estimate of drug-likeness (QED) is 0.874. The van der Waals surface area contributed by atoms with E-state index in [1.54, 1.807) is 6.07 Å². The van der Waals surface area contributed by atoms with E-state index in [1.807, 2.05) is 32.9 Å².